The van der Waals surface area contributed by atoms with Gasteiger partial charge in [-0.2, -0.15) is 0 Å². The molecule has 0 saturated carbocycles. The fraction of sp³-hybridized carbons (Fsp3) is 0.750. The number of hydrogen-bond acceptors (Lipinski definition) is 3. The lowest BCUT2D eigenvalue weighted by molar-refractivity contribution is -0.118. The summed E-state index contributed by atoms with van der Waals surface area (Å²) in [7, 11) is 0. The first kappa shape index (κ1) is 11.1. The number of Topliss-reactive ketones (excluding diaryl/α,β-unsaturated/α-hetero) is 1. The van der Waals surface area contributed by atoms with E-state index in [0.717, 1.165) is 12.8 Å². The Labute approximate surface area is 72.8 Å². The first-order valence-electron chi connectivity index (χ1n) is 4.13. The maximum Gasteiger partial charge on any atom is 0.146 e. The molecule has 4 heteroatoms. The second-order valence-electron chi connectivity index (χ2n) is 2.99. The van der Waals surface area contributed by atoms with Crippen LogP contribution in [0.1, 0.15) is 32.6 Å². The van der Waals surface area contributed by atoms with E-state index >= 15 is 0 Å². The van der Waals surface area contributed by atoms with Gasteiger partial charge in [-0.1, -0.05) is 6.42 Å². The molecule has 70 valence electrons. The first-order valence-corrected chi connectivity index (χ1v) is 4.13. The van der Waals surface area contributed by atoms with Gasteiger partial charge >= 0.3 is 0 Å². The number of carbonyl (C=O) groups excluding carboxylic acids is 1. The number of ketones is 1. The van der Waals surface area contributed by atoms with Crippen molar-refractivity contribution in [2.75, 3.05) is 0 Å². The van der Waals surface area contributed by atoms with Gasteiger partial charge in [-0.25, -0.2) is 0 Å². The van der Waals surface area contributed by atoms with Gasteiger partial charge in [0.25, 0.3) is 0 Å². The Morgan fingerprint density at radius 3 is 2.50 bits per heavy atom. The van der Waals surface area contributed by atoms with Crippen LogP contribution in [0.5, 0.6) is 0 Å². The highest BCUT2D eigenvalue weighted by molar-refractivity contribution is 5.81. The van der Waals surface area contributed by atoms with Crippen LogP contribution in [-0.2, 0) is 4.79 Å². The minimum absolute atomic E-state index is 0.0258. The third-order valence-electron chi connectivity index (χ3n) is 1.73. The van der Waals surface area contributed by atoms with Crippen molar-refractivity contribution in [3.63, 3.8) is 0 Å². The van der Waals surface area contributed by atoms with Crippen molar-refractivity contribution in [2.45, 2.75) is 38.6 Å². The van der Waals surface area contributed by atoms with Crippen LogP contribution in [0, 0.1) is 5.41 Å². The van der Waals surface area contributed by atoms with Gasteiger partial charge in [0, 0.05) is 6.42 Å². The normalized spacial score (nSPS) is 12.5. The molecule has 5 N–H and O–H groups in total. The van der Waals surface area contributed by atoms with Crippen LogP contribution in [0.4, 0.5) is 0 Å². The van der Waals surface area contributed by atoms with Crippen molar-refractivity contribution < 1.29 is 4.79 Å². The van der Waals surface area contributed by atoms with Crippen LogP contribution in [0.3, 0.4) is 0 Å². The molecule has 0 fully saturated rings. The summed E-state index contributed by atoms with van der Waals surface area (Å²) in [4.78, 5) is 10.7. The zero-order chi connectivity index (χ0) is 9.56. The van der Waals surface area contributed by atoms with E-state index in [1.807, 2.05) is 0 Å². The number of nitrogens with two attached hydrogens (primary N) is 2. The monoisotopic (exact) mass is 171 g/mol. The first-order chi connectivity index (χ1) is 5.54. The number of nitrogens with one attached hydrogen (secondary N) is 1. The fourth-order valence-electron chi connectivity index (χ4n) is 0.883. The zero-order valence-corrected chi connectivity index (χ0v) is 7.47. The van der Waals surface area contributed by atoms with E-state index in [1.165, 1.54) is 6.92 Å². The van der Waals surface area contributed by atoms with Crippen LogP contribution in [0.25, 0.3) is 0 Å². The van der Waals surface area contributed by atoms with Crippen molar-refractivity contribution in [3.8, 4) is 0 Å². The molecule has 0 bridgehead atoms. The smallest absolute Gasteiger partial charge is 0.146 e. The maximum atomic E-state index is 10.7. The minimum Gasteiger partial charge on any atom is -0.388 e. The number of amidine groups is 1. The topological polar surface area (TPSA) is 93.0 Å². The highest BCUT2D eigenvalue weighted by atomic mass is 16.1. The summed E-state index contributed by atoms with van der Waals surface area (Å²) in [6, 6.07) is -0.336. The molecular formula is C8H17N3O. The fourth-order valence-corrected chi connectivity index (χ4v) is 0.883. The van der Waals surface area contributed by atoms with Gasteiger partial charge in [-0.05, 0) is 19.8 Å². The molecule has 0 saturated heterocycles. The van der Waals surface area contributed by atoms with Gasteiger partial charge in [0.05, 0.1) is 11.9 Å². The lowest BCUT2D eigenvalue weighted by Gasteiger charge is -2.06. The molecule has 12 heavy (non-hydrogen) atoms. The Hall–Kier alpha value is -0.900. The molecule has 1 unspecified atom stereocenters. The van der Waals surface area contributed by atoms with Crippen molar-refractivity contribution in [1.29, 1.82) is 5.41 Å². The van der Waals surface area contributed by atoms with E-state index in [2.05, 4.69) is 0 Å². The van der Waals surface area contributed by atoms with Crippen LogP contribution < -0.4 is 11.5 Å². The molecule has 0 amide bonds. The molecule has 0 heterocycles. The molecule has 0 rings (SSSR count). The van der Waals surface area contributed by atoms with Gasteiger partial charge in [-0.15, -0.1) is 0 Å². The van der Waals surface area contributed by atoms with E-state index in [4.69, 9.17) is 16.9 Å². The average Bonchev–Trinajstić information content (AvgIpc) is 1.97. The second-order valence-corrected chi connectivity index (χ2v) is 2.99. The van der Waals surface area contributed by atoms with Gasteiger partial charge in [0.1, 0.15) is 5.78 Å². The predicted molar refractivity (Wildman–Crippen MR) is 49.0 cm³/mol. The Balaban J connectivity index is 3.31. The highest BCUT2D eigenvalue weighted by Crippen LogP contribution is 2.02. The lowest BCUT2D eigenvalue weighted by atomic mass is 10.1. The second kappa shape index (κ2) is 5.71. The largest absolute Gasteiger partial charge is 0.388 e. The van der Waals surface area contributed by atoms with Gasteiger partial charge < -0.3 is 11.5 Å². The number of unbranched alkanes of at least 4 members (excludes halogenated alkanes) is 1. The summed E-state index contributed by atoms with van der Waals surface area (Å²) >= 11 is 0. The van der Waals surface area contributed by atoms with E-state index in [9.17, 15) is 4.79 Å². The molecule has 0 aromatic rings. The van der Waals surface area contributed by atoms with Crippen LogP contribution >= 0.6 is 0 Å². The predicted octanol–water partition coefficient (Wildman–Crippen LogP) is 0.399. The quantitative estimate of drug-likeness (QED) is 0.307. The number of hydrogen-bond donors (Lipinski definition) is 3. The van der Waals surface area contributed by atoms with Crippen molar-refractivity contribution in [2.24, 2.45) is 11.5 Å². The average molecular weight is 171 g/mol. The minimum atomic E-state index is -0.336. The molecule has 0 aromatic heterocycles. The van der Waals surface area contributed by atoms with Gasteiger partial charge in [0.15, 0.2) is 0 Å². The van der Waals surface area contributed by atoms with Crippen molar-refractivity contribution in [3.05, 3.63) is 0 Å². The SMILES string of the molecule is CC(=O)C(N)CCCCC(=N)N. The Morgan fingerprint density at radius 2 is 2.08 bits per heavy atom. The van der Waals surface area contributed by atoms with E-state index in [1.54, 1.807) is 0 Å². The van der Waals surface area contributed by atoms with Crippen LogP contribution in [0.2, 0.25) is 0 Å². The highest BCUT2D eigenvalue weighted by Gasteiger charge is 2.06. The standard InChI is InChI=1S/C8H17N3O/c1-6(12)7(9)4-2-3-5-8(10)11/h7H,2-5,9H2,1H3,(H3,10,11). The summed E-state index contributed by atoms with van der Waals surface area (Å²) in [6.07, 6.45) is 3.00. The summed E-state index contributed by atoms with van der Waals surface area (Å²) < 4.78 is 0. The Bertz CT molecular complexity index is 168. The summed E-state index contributed by atoms with van der Waals surface area (Å²) in [5.74, 6) is 0.226. The summed E-state index contributed by atoms with van der Waals surface area (Å²) in [5, 5.41) is 6.94. The van der Waals surface area contributed by atoms with Gasteiger partial charge in [0.2, 0.25) is 0 Å². The van der Waals surface area contributed by atoms with E-state index in [0.29, 0.717) is 12.8 Å². The third-order valence-corrected chi connectivity index (χ3v) is 1.73. The molecule has 0 aliphatic rings. The molecule has 0 aliphatic carbocycles. The number of carbonyl (C=O) groups is 1. The Kier molecular flexibility index (Phi) is 5.28. The van der Waals surface area contributed by atoms with E-state index in [-0.39, 0.29) is 17.7 Å². The van der Waals surface area contributed by atoms with Crippen LogP contribution in [0.15, 0.2) is 0 Å². The third kappa shape index (κ3) is 5.85. The summed E-state index contributed by atoms with van der Waals surface area (Å²) in [5.41, 5.74) is 10.7. The molecule has 0 spiro atoms. The molecule has 1 atom stereocenters. The molecule has 0 radical (unpaired) electrons. The number of rotatable bonds is 6. The molecule has 0 aliphatic heterocycles. The van der Waals surface area contributed by atoms with Gasteiger partial charge in [-0.3, -0.25) is 10.2 Å². The molecule has 0 aromatic carbocycles. The van der Waals surface area contributed by atoms with Crippen molar-refractivity contribution >= 4 is 11.6 Å². The van der Waals surface area contributed by atoms with E-state index < -0.39 is 0 Å². The van der Waals surface area contributed by atoms with Crippen LogP contribution in [-0.4, -0.2) is 17.7 Å². The zero-order valence-electron chi connectivity index (χ0n) is 7.47. The summed E-state index contributed by atoms with van der Waals surface area (Å²) in [6.45, 7) is 1.50. The lowest BCUT2D eigenvalue weighted by Crippen LogP contribution is -2.27. The maximum absolute atomic E-state index is 10.7. The molecular weight excluding hydrogens is 154 g/mol. The Morgan fingerprint density at radius 1 is 1.50 bits per heavy atom. The molecule has 4 nitrogen and oxygen atoms in total. The van der Waals surface area contributed by atoms with Crippen molar-refractivity contribution in [1.82, 2.24) is 0 Å².